The zero-order chi connectivity index (χ0) is 24.0. The maximum atomic E-state index is 11.9. The van der Waals surface area contributed by atoms with E-state index in [-0.39, 0.29) is 0 Å². The largest absolute Gasteiger partial charge is 0.444 e. The maximum absolute atomic E-state index is 11.9. The molecular formula is C24H26N8O2. The summed E-state index contributed by atoms with van der Waals surface area (Å²) in [6.07, 6.45) is 0.948. The van der Waals surface area contributed by atoms with E-state index in [4.69, 9.17) is 4.74 Å². The normalized spacial score (nSPS) is 11.0. The van der Waals surface area contributed by atoms with Crippen molar-refractivity contribution < 1.29 is 9.53 Å². The molecule has 1 amide bonds. The second-order valence-electron chi connectivity index (χ2n) is 8.47. The van der Waals surface area contributed by atoms with Gasteiger partial charge in [-0.05, 0) is 44.0 Å². The molecule has 10 heteroatoms. The van der Waals surface area contributed by atoms with Crippen LogP contribution < -0.4 is 16.0 Å². The van der Waals surface area contributed by atoms with Crippen molar-refractivity contribution in [1.82, 2.24) is 30.5 Å². The number of hydrogen-bond donors (Lipinski definition) is 4. The summed E-state index contributed by atoms with van der Waals surface area (Å²) >= 11 is 0. The van der Waals surface area contributed by atoms with E-state index in [0.29, 0.717) is 24.3 Å². The molecule has 10 nitrogen and oxygen atoms in total. The van der Waals surface area contributed by atoms with Gasteiger partial charge in [-0.2, -0.15) is 10.1 Å². The van der Waals surface area contributed by atoms with E-state index in [0.717, 1.165) is 22.5 Å². The topological polar surface area (TPSA) is 130 Å². The Kier molecular flexibility index (Phi) is 6.67. The number of anilines is 4. The molecule has 0 fully saturated rings. The number of aromatic nitrogens is 5. The summed E-state index contributed by atoms with van der Waals surface area (Å²) in [5.41, 5.74) is 3.03. The lowest BCUT2D eigenvalue weighted by molar-refractivity contribution is 0.0523. The molecule has 0 unspecified atom stereocenters. The first-order chi connectivity index (χ1) is 16.3. The monoisotopic (exact) mass is 458 g/mol. The minimum absolute atomic E-state index is 0.331. The van der Waals surface area contributed by atoms with E-state index < -0.39 is 11.7 Å². The summed E-state index contributed by atoms with van der Waals surface area (Å²) in [4.78, 5) is 24.6. The van der Waals surface area contributed by atoms with Crippen LogP contribution in [0.2, 0.25) is 0 Å². The first kappa shape index (κ1) is 22.7. The fourth-order valence-electron chi connectivity index (χ4n) is 3.06. The summed E-state index contributed by atoms with van der Waals surface area (Å²) in [6.45, 7) is 5.80. The van der Waals surface area contributed by atoms with Crippen LogP contribution in [-0.4, -0.2) is 36.8 Å². The number of carbonyl (C=O) groups is 1. The molecule has 0 bridgehead atoms. The predicted molar refractivity (Wildman–Crippen MR) is 130 cm³/mol. The van der Waals surface area contributed by atoms with Crippen LogP contribution in [0.5, 0.6) is 0 Å². The second-order valence-corrected chi connectivity index (χ2v) is 8.47. The van der Waals surface area contributed by atoms with E-state index in [9.17, 15) is 4.79 Å². The number of amides is 1. The number of H-pyrrole nitrogens is 1. The fraction of sp³-hybridized carbons (Fsp3) is 0.208. The van der Waals surface area contributed by atoms with E-state index in [2.05, 4.69) is 41.1 Å². The quantitative estimate of drug-likeness (QED) is 0.311. The highest BCUT2D eigenvalue weighted by Gasteiger charge is 2.15. The molecule has 34 heavy (non-hydrogen) atoms. The number of nitrogens with one attached hydrogen (secondary N) is 4. The summed E-state index contributed by atoms with van der Waals surface area (Å²) in [5.74, 6) is 1.31. The number of carbonyl (C=O) groups excluding carboxylic acids is 1. The molecule has 0 spiro atoms. The molecule has 0 saturated heterocycles. The zero-order valence-electron chi connectivity index (χ0n) is 19.2. The summed E-state index contributed by atoms with van der Waals surface area (Å²) < 4.78 is 5.27. The van der Waals surface area contributed by atoms with Crippen LogP contribution in [-0.2, 0) is 11.3 Å². The summed E-state index contributed by atoms with van der Waals surface area (Å²) in [7, 11) is 0. The van der Waals surface area contributed by atoms with Crippen LogP contribution in [0.25, 0.3) is 11.3 Å². The first-order valence-electron chi connectivity index (χ1n) is 10.7. The van der Waals surface area contributed by atoms with Gasteiger partial charge in [-0.15, -0.1) is 0 Å². The molecule has 0 saturated carbocycles. The van der Waals surface area contributed by atoms with Crippen LogP contribution in [0.3, 0.4) is 0 Å². The van der Waals surface area contributed by atoms with Crippen LogP contribution >= 0.6 is 0 Å². The van der Waals surface area contributed by atoms with Crippen LogP contribution in [0.1, 0.15) is 26.3 Å². The van der Waals surface area contributed by atoms with E-state index >= 15 is 0 Å². The molecule has 174 valence electrons. The van der Waals surface area contributed by atoms with Crippen molar-refractivity contribution in [3.63, 3.8) is 0 Å². The molecule has 0 aliphatic heterocycles. The van der Waals surface area contributed by atoms with Crippen molar-refractivity contribution in [2.24, 2.45) is 0 Å². The fourth-order valence-corrected chi connectivity index (χ4v) is 3.06. The third-order valence-corrected chi connectivity index (χ3v) is 4.49. The summed E-state index contributed by atoms with van der Waals surface area (Å²) in [5, 5.41) is 16.2. The molecule has 2 aromatic heterocycles. The molecule has 4 rings (SSSR count). The van der Waals surface area contributed by atoms with Gasteiger partial charge in [0.2, 0.25) is 11.9 Å². The Bertz CT molecular complexity index is 1250. The smallest absolute Gasteiger partial charge is 0.407 e. The van der Waals surface area contributed by atoms with Gasteiger partial charge in [0.25, 0.3) is 0 Å². The van der Waals surface area contributed by atoms with Gasteiger partial charge in [0.05, 0.1) is 5.69 Å². The second kappa shape index (κ2) is 9.99. The van der Waals surface area contributed by atoms with Crippen LogP contribution in [0.15, 0.2) is 67.0 Å². The van der Waals surface area contributed by atoms with Crippen molar-refractivity contribution in [2.75, 3.05) is 10.6 Å². The molecule has 0 atom stereocenters. The lowest BCUT2D eigenvalue weighted by Crippen LogP contribution is -2.32. The van der Waals surface area contributed by atoms with Gasteiger partial charge in [0.15, 0.2) is 5.82 Å². The van der Waals surface area contributed by atoms with E-state index in [1.807, 2.05) is 81.4 Å². The molecule has 0 radical (unpaired) electrons. The Morgan fingerprint density at radius 3 is 2.50 bits per heavy atom. The Hall–Kier alpha value is -4.47. The molecule has 2 aromatic carbocycles. The number of benzene rings is 2. The van der Waals surface area contributed by atoms with E-state index in [1.54, 1.807) is 0 Å². The molecule has 2 heterocycles. The Balaban J connectivity index is 1.38. The molecule has 4 N–H and O–H groups in total. The van der Waals surface area contributed by atoms with Crippen molar-refractivity contribution >= 4 is 29.5 Å². The van der Waals surface area contributed by atoms with Crippen molar-refractivity contribution in [3.8, 4) is 11.3 Å². The lowest BCUT2D eigenvalue weighted by Gasteiger charge is -2.19. The first-order valence-corrected chi connectivity index (χ1v) is 10.7. The van der Waals surface area contributed by atoms with E-state index in [1.165, 1.54) is 6.33 Å². The minimum Gasteiger partial charge on any atom is -0.444 e. The summed E-state index contributed by atoms with van der Waals surface area (Å²) in [6, 6.07) is 19.3. The Labute approximate surface area is 197 Å². The average Bonchev–Trinajstić information content (AvgIpc) is 3.26. The Morgan fingerprint density at radius 2 is 1.74 bits per heavy atom. The average molecular weight is 459 g/mol. The highest BCUT2D eigenvalue weighted by atomic mass is 16.6. The Morgan fingerprint density at radius 1 is 0.971 bits per heavy atom. The highest BCUT2D eigenvalue weighted by molar-refractivity contribution is 5.68. The lowest BCUT2D eigenvalue weighted by atomic mass is 10.2. The number of aromatic amines is 1. The number of alkyl carbamates (subject to hydrolysis) is 1. The van der Waals surface area contributed by atoms with Gasteiger partial charge in [-0.1, -0.05) is 42.5 Å². The highest BCUT2D eigenvalue weighted by Crippen LogP contribution is 2.21. The number of nitrogens with zero attached hydrogens (tertiary/aromatic N) is 4. The molecule has 0 aliphatic rings. The van der Waals surface area contributed by atoms with Crippen LogP contribution in [0, 0.1) is 0 Å². The standard InChI is InChI=1S/C24H26N8O2/c1-24(2,3)34-23(33)25-14-16-8-7-11-18(12-16)28-21-26-15-27-22(30-21)29-20-13-19(31-32-20)17-9-5-4-6-10-17/h4-13,15H,14H2,1-3H3,(H,25,33)(H3,26,27,28,29,30,31,32). The molecule has 0 aliphatic carbocycles. The number of hydrogen-bond acceptors (Lipinski definition) is 8. The zero-order valence-corrected chi connectivity index (χ0v) is 19.2. The minimum atomic E-state index is -0.545. The predicted octanol–water partition coefficient (Wildman–Crippen LogP) is 4.77. The van der Waals surface area contributed by atoms with Gasteiger partial charge in [-0.3, -0.25) is 5.10 Å². The van der Waals surface area contributed by atoms with Crippen molar-refractivity contribution in [1.29, 1.82) is 0 Å². The SMILES string of the molecule is CC(C)(C)OC(=O)NCc1cccc(Nc2ncnc(Nc3cc(-c4ccccc4)[nH]n3)n2)c1. The van der Waals surface area contributed by atoms with Gasteiger partial charge in [0.1, 0.15) is 11.9 Å². The number of ether oxygens (including phenoxy) is 1. The van der Waals surface area contributed by atoms with Crippen molar-refractivity contribution in [3.05, 3.63) is 72.6 Å². The van der Waals surface area contributed by atoms with Gasteiger partial charge < -0.3 is 20.7 Å². The molecule has 4 aromatic rings. The van der Waals surface area contributed by atoms with Gasteiger partial charge in [-0.25, -0.2) is 14.8 Å². The van der Waals surface area contributed by atoms with Crippen molar-refractivity contribution in [2.45, 2.75) is 32.9 Å². The van der Waals surface area contributed by atoms with Gasteiger partial charge in [0, 0.05) is 18.3 Å². The van der Waals surface area contributed by atoms with Crippen LogP contribution in [0.4, 0.5) is 28.2 Å². The third kappa shape index (κ3) is 6.52. The number of rotatable bonds is 7. The maximum Gasteiger partial charge on any atom is 0.407 e. The van der Waals surface area contributed by atoms with Gasteiger partial charge >= 0.3 is 6.09 Å². The molecular weight excluding hydrogens is 432 g/mol. The third-order valence-electron chi connectivity index (χ3n) is 4.49.